The summed E-state index contributed by atoms with van der Waals surface area (Å²) in [5.74, 6) is -0.203. The molecule has 5 nitrogen and oxygen atoms in total. The molecule has 0 atom stereocenters. The Hall–Kier alpha value is -2.03. The second-order valence-electron chi connectivity index (χ2n) is 8.02. The van der Waals surface area contributed by atoms with E-state index in [0.29, 0.717) is 31.5 Å². The van der Waals surface area contributed by atoms with E-state index in [1.165, 1.54) is 29.2 Å². The first kappa shape index (κ1) is 23.3. The number of rotatable bonds is 4. The molecule has 1 heterocycles. The number of carbonyl (C=O) groups excluding carboxylic acids is 1. The first-order valence-electron chi connectivity index (χ1n) is 9.31. The number of alkyl halides is 3. The van der Waals surface area contributed by atoms with Crippen molar-refractivity contribution >= 4 is 22.0 Å². The van der Waals surface area contributed by atoms with E-state index in [2.05, 4.69) is 0 Å². The fourth-order valence-electron chi connectivity index (χ4n) is 2.96. The van der Waals surface area contributed by atoms with Crippen LogP contribution in [0.15, 0.2) is 30.3 Å². The van der Waals surface area contributed by atoms with Crippen molar-refractivity contribution in [3.63, 3.8) is 0 Å². The van der Waals surface area contributed by atoms with E-state index in [1.807, 2.05) is 0 Å². The highest BCUT2D eigenvalue weighted by Crippen LogP contribution is 2.29. The molecule has 1 fully saturated rings. The molecule has 29 heavy (non-hydrogen) atoms. The van der Waals surface area contributed by atoms with Crippen LogP contribution in [0.25, 0.3) is 6.08 Å². The number of nitrogens with zero attached hydrogens (tertiary/aromatic N) is 1. The van der Waals surface area contributed by atoms with Gasteiger partial charge < -0.3 is 9.64 Å². The maximum absolute atomic E-state index is 12.6. The molecule has 1 amide bonds. The summed E-state index contributed by atoms with van der Waals surface area (Å²) in [4.78, 5) is 13.6. The standard InChI is InChI=1S/C20H26F3NO4S/c1-19(2,3)28-18(25)24-12-10-17(11-13-24)29(26,27)14-4-5-15-6-8-16(9-7-15)20(21,22)23/h4-9,17H,10-14H2,1-3H3. The van der Waals surface area contributed by atoms with E-state index in [4.69, 9.17) is 4.74 Å². The third kappa shape index (κ3) is 7.06. The van der Waals surface area contributed by atoms with Gasteiger partial charge in [0.25, 0.3) is 0 Å². The average Bonchev–Trinajstić information content (AvgIpc) is 2.60. The molecule has 1 aromatic rings. The van der Waals surface area contributed by atoms with Crippen molar-refractivity contribution in [3.8, 4) is 0 Å². The highest BCUT2D eigenvalue weighted by Gasteiger charge is 2.32. The van der Waals surface area contributed by atoms with Crippen molar-refractivity contribution < 1.29 is 31.1 Å². The number of amides is 1. The molecule has 1 saturated heterocycles. The lowest BCUT2D eigenvalue weighted by Gasteiger charge is -2.33. The minimum atomic E-state index is -4.40. The first-order valence-corrected chi connectivity index (χ1v) is 11.0. The molecular formula is C20H26F3NO4S. The zero-order valence-electron chi connectivity index (χ0n) is 16.7. The van der Waals surface area contributed by atoms with Crippen molar-refractivity contribution in [3.05, 3.63) is 41.5 Å². The zero-order valence-corrected chi connectivity index (χ0v) is 17.5. The maximum Gasteiger partial charge on any atom is 0.416 e. The summed E-state index contributed by atoms with van der Waals surface area (Å²) in [7, 11) is -3.41. The van der Waals surface area contributed by atoms with Crippen LogP contribution in [0.5, 0.6) is 0 Å². The van der Waals surface area contributed by atoms with Gasteiger partial charge in [-0.2, -0.15) is 13.2 Å². The number of sulfone groups is 1. The summed E-state index contributed by atoms with van der Waals surface area (Å²) in [5, 5.41) is -0.557. The van der Waals surface area contributed by atoms with Gasteiger partial charge in [-0.15, -0.1) is 0 Å². The van der Waals surface area contributed by atoms with Gasteiger partial charge in [-0.25, -0.2) is 13.2 Å². The van der Waals surface area contributed by atoms with Crippen LogP contribution in [0.3, 0.4) is 0 Å². The molecule has 0 aliphatic carbocycles. The Kier molecular flexibility index (Phi) is 7.03. The fraction of sp³-hybridized carbons (Fsp3) is 0.550. The van der Waals surface area contributed by atoms with Gasteiger partial charge in [-0.05, 0) is 51.3 Å². The van der Waals surface area contributed by atoms with Crippen molar-refractivity contribution in [1.29, 1.82) is 0 Å². The second-order valence-corrected chi connectivity index (χ2v) is 10.3. The topological polar surface area (TPSA) is 63.7 Å². The third-order valence-corrected chi connectivity index (χ3v) is 6.62. The molecule has 2 rings (SSSR count). The molecule has 1 aliphatic heterocycles. The summed E-state index contributed by atoms with van der Waals surface area (Å²) in [6.07, 6.45) is -1.26. The summed E-state index contributed by atoms with van der Waals surface area (Å²) in [6.45, 7) is 5.92. The lowest BCUT2D eigenvalue weighted by atomic mass is 10.1. The normalized spacial score (nSPS) is 17.0. The summed E-state index contributed by atoms with van der Waals surface area (Å²) in [5.41, 5.74) is -0.865. The molecule has 9 heteroatoms. The number of benzene rings is 1. The lowest BCUT2D eigenvalue weighted by Crippen LogP contribution is -2.44. The molecule has 0 aromatic heterocycles. The van der Waals surface area contributed by atoms with Gasteiger partial charge in [0.1, 0.15) is 5.60 Å². The van der Waals surface area contributed by atoms with Crippen LogP contribution < -0.4 is 0 Å². The monoisotopic (exact) mass is 433 g/mol. The van der Waals surface area contributed by atoms with Gasteiger partial charge in [0, 0.05) is 13.1 Å². The van der Waals surface area contributed by atoms with Gasteiger partial charge in [-0.1, -0.05) is 24.3 Å². The van der Waals surface area contributed by atoms with E-state index in [-0.39, 0.29) is 5.75 Å². The minimum Gasteiger partial charge on any atom is -0.444 e. The van der Waals surface area contributed by atoms with Crippen LogP contribution >= 0.6 is 0 Å². The molecular weight excluding hydrogens is 407 g/mol. The highest BCUT2D eigenvalue weighted by molar-refractivity contribution is 7.92. The van der Waals surface area contributed by atoms with Crippen molar-refractivity contribution in [2.24, 2.45) is 0 Å². The van der Waals surface area contributed by atoms with Gasteiger partial charge in [0.05, 0.1) is 16.6 Å². The molecule has 0 N–H and O–H groups in total. The smallest absolute Gasteiger partial charge is 0.416 e. The molecule has 0 bridgehead atoms. The predicted octanol–water partition coefficient (Wildman–Crippen LogP) is 4.53. The molecule has 0 spiro atoms. The molecule has 162 valence electrons. The maximum atomic E-state index is 12.6. The Labute approximate surface area is 169 Å². The summed E-state index contributed by atoms with van der Waals surface area (Å²) in [6, 6.07) is 4.51. The Morgan fingerprint density at radius 3 is 2.17 bits per heavy atom. The summed E-state index contributed by atoms with van der Waals surface area (Å²) >= 11 is 0. The summed E-state index contributed by atoms with van der Waals surface area (Å²) < 4.78 is 68.0. The molecule has 1 aliphatic rings. The number of piperidine rings is 1. The Morgan fingerprint density at radius 1 is 1.14 bits per heavy atom. The number of hydrogen-bond donors (Lipinski definition) is 0. The largest absolute Gasteiger partial charge is 0.444 e. The lowest BCUT2D eigenvalue weighted by molar-refractivity contribution is -0.137. The molecule has 0 saturated carbocycles. The highest BCUT2D eigenvalue weighted by atomic mass is 32.2. The van der Waals surface area contributed by atoms with Crippen molar-refractivity contribution in [2.45, 2.75) is 50.6 Å². The Balaban J connectivity index is 1.89. The molecule has 0 radical (unpaired) electrons. The van der Waals surface area contributed by atoms with Crippen molar-refractivity contribution in [1.82, 2.24) is 4.90 Å². The molecule has 1 aromatic carbocycles. The van der Waals surface area contributed by atoms with E-state index in [9.17, 15) is 26.4 Å². The van der Waals surface area contributed by atoms with Crippen LogP contribution in [0.2, 0.25) is 0 Å². The van der Waals surface area contributed by atoms with E-state index < -0.39 is 38.5 Å². The van der Waals surface area contributed by atoms with Crippen LogP contribution in [0.4, 0.5) is 18.0 Å². The van der Waals surface area contributed by atoms with Gasteiger partial charge in [0.15, 0.2) is 9.84 Å². The number of halogens is 3. The first-order chi connectivity index (χ1) is 13.3. The number of likely N-dealkylation sites (tertiary alicyclic amines) is 1. The van der Waals surface area contributed by atoms with E-state index in [1.54, 1.807) is 20.8 Å². The van der Waals surface area contributed by atoms with Gasteiger partial charge >= 0.3 is 12.3 Å². The van der Waals surface area contributed by atoms with Crippen LogP contribution in [0, 0.1) is 0 Å². The zero-order chi connectivity index (χ0) is 21.9. The van der Waals surface area contributed by atoms with Gasteiger partial charge in [0.2, 0.25) is 0 Å². The van der Waals surface area contributed by atoms with Crippen molar-refractivity contribution in [2.75, 3.05) is 18.8 Å². The second kappa shape index (κ2) is 8.77. The number of carbonyl (C=O) groups is 1. The number of hydrogen-bond acceptors (Lipinski definition) is 4. The van der Waals surface area contributed by atoms with Crippen LogP contribution in [-0.4, -0.2) is 49.1 Å². The quantitative estimate of drug-likeness (QED) is 0.700. The fourth-order valence-corrected chi connectivity index (χ4v) is 4.53. The Morgan fingerprint density at radius 2 is 1.69 bits per heavy atom. The third-order valence-electron chi connectivity index (χ3n) is 4.48. The van der Waals surface area contributed by atoms with Crippen LogP contribution in [-0.2, 0) is 20.8 Å². The average molecular weight is 433 g/mol. The molecule has 0 unspecified atom stereocenters. The van der Waals surface area contributed by atoms with Crippen LogP contribution in [0.1, 0.15) is 44.7 Å². The van der Waals surface area contributed by atoms with E-state index in [0.717, 1.165) is 12.1 Å². The van der Waals surface area contributed by atoms with E-state index >= 15 is 0 Å². The number of ether oxygens (including phenoxy) is 1. The van der Waals surface area contributed by atoms with Gasteiger partial charge in [-0.3, -0.25) is 0 Å². The Bertz CT molecular complexity index is 832. The predicted molar refractivity (Wildman–Crippen MR) is 105 cm³/mol. The SMILES string of the molecule is CC(C)(C)OC(=O)N1CCC(S(=O)(=O)CC=Cc2ccc(C(F)(F)F)cc2)CC1. The minimum absolute atomic E-state index is 0.203.